The van der Waals surface area contributed by atoms with Gasteiger partial charge in [-0.25, -0.2) is 0 Å². The van der Waals surface area contributed by atoms with Gasteiger partial charge in [0.25, 0.3) is 0 Å². The normalized spacial score (nSPS) is 47.7. The molecule has 4 fully saturated rings. The van der Waals surface area contributed by atoms with E-state index in [0.29, 0.717) is 32.1 Å². The lowest BCUT2D eigenvalue weighted by Gasteiger charge is -2.44. The first-order chi connectivity index (χ1) is 8.62. The fourth-order valence-corrected chi connectivity index (χ4v) is 4.45. The van der Waals surface area contributed by atoms with Crippen molar-refractivity contribution >= 4 is 5.97 Å². The van der Waals surface area contributed by atoms with Gasteiger partial charge < -0.3 is 14.9 Å². The Morgan fingerprint density at radius 3 is 2.47 bits per heavy atom. The molecule has 3 unspecified atom stereocenters. The number of carbonyl (C=O) groups excluding carboxylic acids is 1. The van der Waals surface area contributed by atoms with Crippen LogP contribution < -0.4 is 0 Å². The SMILES string of the molecule is CCC(C)(C)C(=O)OC12C[C@@H]3CC(O)(C1)CC3(O)C2. The Balaban J connectivity index is 1.82. The van der Waals surface area contributed by atoms with Crippen molar-refractivity contribution in [2.24, 2.45) is 11.3 Å². The molecule has 4 saturated carbocycles. The van der Waals surface area contributed by atoms with E-state index in [4.69, 9.17) is 4.74 Å². The third kappa shape index (κ3) is 1.83. The van der Waals surface area contributed by atoms with E-state index in [1.54, 1.807) is 0 Å². The van der Waals surface area contributed by atoms with E-state index in [-0.39, 0.29) is 11.9 Å². The molecule has 4 heteroatoms. The molecule has 0 aromatic heterocycles. The second-order valence-electron chi connectivity index (χ2n) is 7.77. The molecule has 0 aromatic rings. The minimum Gasteiger partial charge on any atom is -0.458 e. The molecule has 19 heavy (non-hydrogen) atoms. The summed E-state index contributed by atoms with van der Waals surface area (Å²) in [7, 11) is 0. The standard InChI is InChI=1S/C15H24O4/c1-4-12(2,3)11(16)19-14-6-10-5-13(17,7-14)8-15(10,18)9-14/h10,17-18H,4-9H2,1-3H3/t10-,13?,14?,15?/m0/s1. The van der Waals surface area contributed by atoms with Gasteiger partial charge in [0.05, 0.1) is 16.6 Å². The van der Waals surface area contributed by atoms with Crippen LogP contribution in [0.2, 0.25) is 0 Å². The zero-order valence-electron chi connectivity index (χ0n) is 12.0. The predicted molar refractivity (Wildman–Crippen MR) is 69.4 cm³/mol. The van der Waals surface area contributed by atoms with Crippen LogP contribution >= 0.6 is 0 Å². The molecule has 0 radical (unpaired) electrons. The van der Waals surface area contributed by atoms with Gasteiger partial charge in [-0.15, -0.1) is 0 Å². The number of esters is 1. The summed E-state index contributed by atoms with van der Waals surface area (Å²) in [5.74, 6) is -0.118. The maximum Gasteiger partial charge on any atom is 0.312 e. The molecule has 4 rings (SSSR count). The maximum absolute atomic E-state index is 12.3. The molecular weight excluding hydrogens is 244 g/mol. The Labute approximate surface area is 114 Å². The van der Waals surface area contributed by atoms with E-state index in [2.05, 4.69) is 0 Å². The number of carbonyl (C=O) groups is 1. The van der Waals surface area contributed by atoms with E-state index in [1.165, 1.54) is 0 Å². The molecule has 0 saturated heterocycles. The van der Waals surface area contributed by atoms with Crippen molar-refractivity contribution in [2.75, 3.05) is 0 Å². The molecule has 4 atom stereocenters. The zero-order valence-corrected chi connectivity index (χ0v) is 12.0. The third-order valence-corrected chi connectivity index (χ3v) is 5.67. The number of ether oxygens (including phenoxy) is 1. The third-order valence-electron chi connectivity index (χ3n) is 5.67. The van der Waals surface area contributed by atoms with Crippen molar-refractivity contribution in [2.45, 2.75) is 76.1 Å². The van der Waals surface area contributed by atoms with Gasteiger partial charge in [-0.1, -0.05) is 6.92 Å². The molecule has 0 spiro atoms. The van der Waals surface area contributed by atoms with Crippen LogP contribution in [0.4, 0.5) is 0 Å². The highest BCUT2D eigenvalue weighted by atomic mass is 16.6. The van der Waals surface area contributed by atoms with Crippen molar-refractivity contribution in [1.29, 1.82) is 0 Å². The van der Waals surface area contributed by atoms with Gasteiger partial charge in [-0.2, -0.15) is 0 Å². The molecule has 0 aromatic carbocycles. The minimum atomic E-state index is -0.827. The zero-order chi connectivity index (χ0) is 14.1. The topological polar surface area (TPSA) is 66.8 Å². The fraction of sp³-hybridized carbons (Fsp3) is 0.933. The average molecular weight is 268 g/mol. The summed E-state index contributed by atoms with van der Waals surface area (Å²) in [5.41, 5.74) is -2.77. The van der Waals surface area contributed by atoms with Crippen molar-refractivity contribution < 1.29 is 19.7 Å². The number of hydrogen-bond donors (Lipinski definition) is 2. The van der Waals surface area contributed by atoms with Crippen LogP contribution in [0, 0.1) is 11.3 Å². The molecule has 0 amide bonds. The van der Waals surface area contributed by atoms with Gasteiger partial charge in [0, 0.05) is 19.3 Å². The van der Waals surface area contributed by atoms with Crippen LogP contribution in [-0.2, 0) is 9.53 Å². The van der Waals surface area contributed by atoms with Crippen LogP contribution in [0.5, 0.6) is 0 Å². The van der Waals surface area contributed by atoms with Crippen molar-refractivity contribution in [3.63, 3.8) is 0 Å². The van der Waals surface area contributed by atoms with E-state index >= 15 is 0 Å². The van der Waals surface area contributed by atoms with Gasteiger partial charge in [-0.3, -0.25) is 4.79 Å². The molecule has 4 nitrogen and oxygen atoms in total. The van der Waals surface area contributed by atoms with E-state index < -0.39 is 22.2 Å². The highest BCUT2D eigenvalue weighted by Gasteiger charge is 2.70. The highest BCUT2D eigenvalue weighted by Crippen LogP contribution is 2.65. The number of aliphatic hydroxyl groups is 2. The summed E-state index contributed by atoms with van der Waals surface area (Å²) < 4.78 is 5.80. The Kier molecular flexibility index (Phi) is 2.48. The minimum absolute atomic E-state index is 0.0868. The Hall–Kier alpha value is -0.610. The van der Waals surface area contributed by atoms with Crippen molar-refractivity contribution in [3.05, 3.63) is 0 Å². The quantitative estimate of drug-likeness (QED) is 0.766. The summed E-state index contributed by atoms with van der Waals surface area (Å²) in [5, 5.41) is 21.1. The van der Waals surface area contributed by atoms with E-state index in [0.717, 1.165) is 6.42 Å². The smallest absolute Gasteiger partial charge is 0.312 e. The van der Waals surface area contributed by atoms with Crippen molar-refractivity contribution in [3.8, 4) is 0 Å². The predicted octanol–water partition coefficient (Wildman–Crippen LogP) is 1.77. The molecule has 2 N–H and O–H groups in total. The van der Waals surface area contributed by atoms with Gasteiger partial charge >= 0.3 is 5.97 Å². The molecule has 108 valence electrons. The Bertz CT molecular complexity index is 428. The number of rotatable bonds is 3. The van der Waals surface area contributed by atoms with Crippen molar-refractivity contribution in [1.82, 2.24) is 0 Å². The summed E-state index contributed by atoms with van der Waals surface area (Å²) in [6.07, 6.45) is 3.52. The second kappa shape index (κ2) is 3.53. The first kappa shape index (κ1) is 13.4. The molecule has 4 aliphatic carbocycles. The van der Waals surface area contributed by atoms with E-state index in [1.807, 2.05) is 20.8 Å². The highest BCUT2D eigenvalue weighted by molar-refractivity contribution is 5.76. The molecule has 4 aliphatic rings. The molecular formula is C15H24O4. The van der Waals surface area contributed by atoms with E-state index in [9.17, 15) is 15.0 Å². The Morgan fingerprint density at radius 1 is 1.26 bits per heavy atom. The monoisotopic (exact) mass is 268 g/mol. The summed E-state index contributed by atoms with van der Waals surface area (Å²) in [4.78, 5) is 12.3. The Morgan fingerprint density at radius 2 is 1.95 bits per heavy atom. The van der Waals surface area contributed by atoms with Gasteiger partial charge in [-0.05, 0) is 39.0 Å². The second-order valence-corrected chi connectivity index (χ2v) is 7.77. The largest absolute Gasteiger partial charge is 0.458 e. The van der Waals surface area contributed by atoms with Crippen LogP contribution in [0.3, 0.4) is 0 Å². The van der Waals surface area contributed by atoms with Crippen LogP contribution in [0.25, 0.3) is 0 Å². The maximum atomic E-state index is 12.3. The summed E-state index contributed by atoms with van der Waals surface area (Å²) >= 11 is 0. The van der Waals surface area contributed by atoms with Gasteiger partial charge in [0.15, 0.2) is 0 Å². The van der Waals surface area contributed by atoms with Gasteiger partial charge in [0.2, 0.25) is 0 Å². The molecule has 0 aliphatic heterocycles. The summed E-state index contributed by atoms with van der Waals surface area (Å²) in [6, 6.07) is 0. The summed E-state index contributed by atoms with van der Waals surface area (Å²) in [6.45, 7) is 5.73. The lowest BCUT2D eigenvalue weighted by Crippen LogP contribution is -2.51. The molecule has 0 heterocycles. The lowest BCUT2D eigenvalue weighted by atomic mass is 9.74. The molecule has 4 bridgehead atoms. The lowest BCUT2D eigenvalue weighted by molar-refractivity contribution is -0.188. The van der Waals surface area contributed by atoms with Crippen LogP contribution in [0.1, 0.15) is 59.3 Å². The van der Waals surface area contributed by atoms with Gasteiger partial charge in [0.1, 0.15) is 5.60 Å². The van der Waals surface area contributed by atoms with Crippen LogP contribution in [0.15, 0.2) is 0 Å². The first-order valence-corrected chi connectivity index (χ1v) is 7.30. The van der Waals surface area contributed by atoms with Crippen LogP contribution in [-0.4, -0.2) is 33.0 Å². The average Bonchev–Trinajstić information content (AvgIpc) is 2.55. The first-order valence-electron chi connectivity index (χ1n) is 7.30. The number of hydrogen-bond acceptors (Lipinski definition) is 4. The fourth-order valence-electron chi connectivity index (χ4n) is 4.45.